The zero-order valence-electron chi connectivity index (χ0n) is 11.5. The molecule has 0 unspecified atom stereocenters. The number of phenols is 1. The molecule has 6 nitrogen and oxygen atoms in total. The molecule has 2 rings (SSSR count). The minimum atomic E-state index is 0.0902. The van der Waals surface area contributed by atoms with Gasteiger partial charge in [0.15, 0.2) is 17.3 Å². The first-order valence-electron chi connectivity index (χ1n) is 6.11. The number of aromatic nitrogens is 3. The van der Waals surface area contributed by atoms with Crippen LogP contribution in [0.3, 0.4) is 0 Å². The second-order valence-corrected chi connectivity index (χ2v) is 4.92. The molecule has 0 radical (unpaired) electrons. The Bertz CT molecular complexity index is 688. The number of hydrogen-bond acceptors (Lipinski definition) is 5. The predicted octanol–water partition coefficient (Wildman–Crippen LogP) is 2.66. The van der Waals surface area contributed by atoms with Gasteiger partial charge >= 0.3 is 0 Å². The first kappa shape index (κ1) is 14.3. The van der Waals surface area contributed by atoms with E-state index in [1.807, 2.05) is 13.8 Å². The van der Waals surface area contributed by atoms with E-state index in [4.69, 9.17) is 17.0 Å². The van der Waals surface area contributed by atoms with E-state index in [1.54, 1.807) is 29.1 Å². The van der Waals surface area contributed by atoms with Crippen LogP contribution in [-0.4, -0.2) is 33.3 Å². The number of ether oxygens (including phenoxy) is 1. The highest BCUT2D eigenvalue weighted by Gasteiger charge is 2.09. The van der Waals surface area contributed by atoms with Crippen molar-refractivity contribution < 1.29 is 9.84 Å². The molecule has 20 heavy (non-hydrogen) atoms. The SMILES string of the molecule is COc1cc(/C=N/n2c(C(C)C)n[nH]c2=S)ccc1O. The molecule has 2 N–H and O–H groups in total. The van der Waals surface area contributed by atoms with Gasteiger partial charge in [-0.2, -0.15) is 14.9 Å². The van der Waals surface area contributed by atoms with Crippen molar-refractivity contribution in [2.75, 3.05) is 7.11 Å². The molecule has 7 heteroatoms. The molecular weight excluding hydrogens is 276 g/mol. The monoisotopic (exact) mass is 292 g/mol. The Morgan fingerprint density at radius 2 is 2.25 bits per heavy atom. The summed E-state index contributed by atoms with van der Waals surface area (Å²) in [5, 5.41) is 20.7. The third-order valence-electron chi connectivity index (χ3n) is 2.72. The van der Waals surface area contributed by atoms with E-state index in [9.17, 15) is 5.11 Å². The Hall–Kier alpha value is -2.15. The summed E-state index contributed by atoms with van der Waals surface area (Å²) in [6.45, 7) is 4.03. The van der Waals surface area contributed by atoms with Gasteiger partial charge in [0.2, 0.25) is 4.77 Å². The number of aromatic hydroxyl groups is 1. The van der Waals surface area contributed by atoms with Crippen molar-refractivity contribution in [3.8, 4) is 11.5 Å². The molecule has 0 aliphatic carbocycles. The molecule has 0 atom stereocenters. The van der Waals surface area contributed by atoms with Crippen molar-refractivity contribution in [3.63, 3.8) is 0 Å². The highest BCUT2D eigenvalue weighted by atomic mass is 32.1. The van der Waals surface area contributed by atoms with Crippen molar-refractivity contribution in [2.24, 2.45) is 5.10 Å². The molecule has 0 bridgehead atoms. The van der Waals surface area contributed by atoms with Crippen molar-refractivity contribution in [1.29, 1.82) is 0 Å². The second kappa shape index (κ2) is 5.87. The van der Waals surface area contributed by atoms with Crippen LogP contribution >= 0.6 is 12.2 Å². The van der Waals surface area contributed by atoms with E-state index in [1.165, 1.54) is 7.11 Å². The maximum absolute atomic E-state index is 9.54. The summed E-state index contributed by atoms with van der Waals surface area (Å²) >= 11 is 5.14. The van der Waals surface area contributed by atoms with Gasteiger partial charge in [-0.05, 0) is 36.0 Å². The van der Waals surface area contributed by atoms with Gasteiger partial charge < -0.3 is 9.84 Å². The van der Waals surface area contributed by atoms with Gasteiger partial charge in [0.05, 0.1) is 13.3 Å². The minimum Gasteiger partial charge on any atom is -0.504 e. The summed E-state index contributed by atoms with van der Waals surface area (Å²) in [6.07, 6.45) is 1.64. The number of H-pyrrole nitrogens is 1. The summed E-state index contributed by atoms with van der Waals surface area (Å²) in [7, 11) is 1.50. The first-order chi connectivity index (χ1) is 9.52. The van der Waals surface area contributed by atoms with Crippen LogP contribution in [0, 0.1) is 4.77 Å². The van der Waals surface area contributed by atoms with Crippen LogP contribution in [0.2, 0.25) is 0 Å². The molecule has 0 saturated heterocycles. The Balaban J connectivity index is 2.35. The Labute approximate surface area is 121 Å². The van der Waals surface area contributed by atoms with Crippen LogP contribution in [0.4, 0.5) is 0 Å². The third-order valence-corrected chi connectivity index (χ3v) is 2.98. The van der Waals surface area contributed by atoms with Crippen LogP contribution in [0.5, 0.6) is 11.5 Å². The molecule has 0 saturated carbocycles. The first-order valence-corrected chi connectivity index (χ1v) is 6.52. The summed E-state index contributed by atoms with van der Waals surface area (Å²) < 4.78 is 7.07. The summed E-state index contributed by atoms with van der Waals surface area (Å²) in [5.41, 5.74) is 0.789. The molecule has 0 aliphatic rings. The fraction of sp³-hybridized carbons (Fsp3) is 0.308. The van der Waals surface area contributed by atoms with Gasteiger partial charge in [-0.15, -0.1) is 0 Å². The predicted molar refractivity (Wildman–Crippen MR) is 79.2 cm³/mol. The van der Waals surface area contributed by atoms with Crippen LogP contribution in [-0.2, 0) is 0 Å². The largest absolute Gasteiger partial charge is 0.504 e. The maximum Gasteiger partial charge on any atom is 0.216 e. The van der Waals surface area contributed by atoms with Crippen LogP contribution in [0.15, 0.2) is 23.3 Å². The molecule has 106 valence electrons. The summed E-state index contributed by atoms with van der Waals surface area (Å²) in [6, 6.07) is 4.98. The lowest BCUT2D eigenvalue weighted by Crippen LogP contribution is -2.01. The number of phenolic OH excluding ortho intramolecular Hbond substituents is 1. The fourth-order valence-corrected chi connectivity index (χ4v) is 1.87. The van der Waals surface area contributed by atoms with Gasteiger partial charge in [-0.1, -0.05) is 13.8 Å². The van der Waals surface area contributed by atoms with Crippen LogP contribution in [0.25, 0.3) is 0 Å². The molecule has 0 amide bonds. The molecule has 1 heterocycles. The van der Waals surface area contributed by atoms with E-state index in [0.717, 1.165) is 11.4 Å². The summed E-state index contributed by atoms with van der Waals surface area (Å²) in [5.74, 6) is 1.45. The Kier molecular flexibility index (Phi) is 4.19. The highest BCUT2D eigenvalue weighted by Crippen LogP contribution is 2.25. The van der Waals surface area contributed by atoms with Crippen molar-refractivity contribution >= 4 is 18.4 Å². The molecule has 1 aromatic carbocycles. The lowest BCUT2D eigenvalue weighted by atomic mass is 10.2. The van der Waals surface area contributed by atoms with Crippen molar-refractivity contribution in [3.05, 3.63) is 34.4 Å². The molecule has 0 fully saturated rings. The number of nitrogens with one attached hydrogen (secondary N) is 1. The molecule has 1 aromatic heterocycles. The van der Waals surface area contributed by atoms with Crippen LogP contribution in [0.1, 0.15) is 31.2 Å². The van der Waals surface area contributed by atoms with Gasteiger partial charge in [0.1, 0.15) is 0 Å². The Morgan fingerprint density at radius 1 is 1.50 bits per heavy atom. The highest BCUT2D eigenvalue weighted by molar-refractivity contribution is 7.71. The van der Waals surface area contributed by atoms with E-state index in [0.29, 0.717) is 10.5 Å². The van der Waals surface area contributed by atoms with E-state index in [-0.39, 0.29) is 11.7 Å². The average Bonchev–Trinajstić information content (AvgIpc) is 2.79. The topological polar surface area (TPSA) is 75.4 Å². The standard InChI is InChI=1S/C13H16N4O2S/c1-8(2)12-15-16-13(20)17(12)14-7-9-4-5-10(18)11(6-9)19-3/h4-8,18H,1-3H3,(H,16,20)/b14-7+. The number of aromatic amines is 1. The minimum absolute atomic E-state index is 0.0902. The Morgan fingerprint density at radius 3 is 2.90 bits per heavy atom. The van der Waals surface area contributed by atoms with Crippen molar-refractivity contribution in [1.82, 2.24) is 14.9 Å². The second-order valence-electron chi connectivity index (χ2n) is 4.53. The van der Waals surface area contributed by atoms with E-state index < -0.39 is 0 Å². The average molecular weight is 292 g/mol. The number of benzene rings is 1. The molecule has 0 spiro atoms. The normalized spacial score (nSPS) is 11.4. The number of nitrogens with zero attached hydrogens (tertiary/aromatic N) is 3. The third kappa shape index (κ3) is 2.88. The quantitative estimate of drug-likeness (QED) is 0.671. The van der Waals surface area contributed by atoms with Gasteiger partial charge in [0, 0.05) is 5.92 Å². The lowest BCUT2D eigenvalue weighted by molar-refractivity contribution is 0.373. The molecule has 0 aliphatic heterocycles. The summed E-state index contributed by atoms with van der Waals surface area (Å²) in [4.78, 5) is 0. The van der Waals surface area contributed by atoms with E-state index >= 15 is 0 Å². The van der Waals surface area contributed by atoms with E-state index in [2.05, 4.69) is 15.3 Å². The van der Waals surface area contributed by atoms with Crippen molar-refractivity contribution in [2.45, 2.75) is 19.8 Å². The van der Waals surface area contributed by atoms with Gasteiger partial charge in [-0.25, -0.2) is 0 Å². The number of rotatable bonds is 4. The number of methoxy groups -OCH3 is 1. The fourth-order valence-electron chi connectivity index (χ4n) is 1.69. The molecular formula is C13H16N4O2S. The lowest BCUT2D eigenvalue weighted by Gasteiger charge is -2.04. The smallest absolute Gasteiger partial charge is 0.216 e. The van der Waals surface area contributed by atoms with Gasteiger partial charge in [-0.3, -0.25) is 5.10 Å². The zero-order valence-corrected chi connectivity index (χ0v) is 12.3. The maximum atomic E-state index is 9.54. The number of hydrogen-bond donors (Lipinski definition) is 2. The molecule has 2 aromatic rings. The van der Waals surface area contributed by atoms with Gasteiger partial charge in [0.25, 0.3) is 0 Å². The zero-order chi connectivity index (χ0) is 14.7. The van der Waals surface area contributed by atoms with Crippen LogP contribution < -0.4 is 4.74 Å².